The van der Waals surface area contributed by atoms with Crippen LogP contribution in [0.1, 0.15) is 5.56 Å². The summed E-state index contributed by atoms with van der Waals surface area (Å²) in [5.74, 6) is -0.228. The van der Waals surface area contributed by atoms with Crippen molar-refractivity contribution in [2.45, 2.75) is 6.42 Å². The van der Waals surface area contributed by atoms with Crippen LogP contribution < -0.4 is 9.47 Å². The third-order valence-corrected chi connectivity index (χ3v) is 2.62. The van der Waals surface area contributed by atoms with Crippen molar-refractivity contribution >= 4 is 17.6 Å². The molecule has 1 heterocycles. The molecule has 104 valence electrons. The van der Waals surface area contributed by atoms with Crippen molar-refractivity contribution in [2.75, 3.05) is 7.11 Å². The molecule has 6 nitrogen and oxygen atoms in total. The van der Waals surface area contributed by atoms with Gasteiger partial charge in [0.05, 0.1) is 19.7 Å². The van der Waals surface area contributed by atoms with Gasteiger partial charge in [-0.1, -0.05) is 23.7 Å². The first-order valence-corrected chi connectivity index (χ1v) is 6.01. The first-order chi connectivity index (χ1) is 9.58. The van der Waals surface area contributed by atoms with Crippen LogP contribution in [0.15, 0.2) is 30.5 Å². The van der Waals surface area contributed by atoms with Gasteiger partial charge in [-0.15, -0.1) is 0 Å². The zero-order valence-electron chi connectivity index (χ0n) is 10.5. The molecule has 0 amide bonds. The lowest BCUT2D eigenvalue weighted by Gasteiger charge is -2.07. The number of methoxy groups -OCH3 is 1. The van der Waals surface area contributed by atoms with Crippen LogP contribution in [0.4, 0.5) is 0 Å². The summed E-state index contributed by atoms with van der Waals surface area (Å²) in [5, 5.41) is 8.94. The number of benzene rings is 1. The molecule has 1 N–H and O–H groups in total. The number of hydrogen-bond donors (Lipinski definition) is 1. The smallest absolute Gasteiger partial charge is 0.319 e. The molecular formula is C13H11ClN2O4. The molecule has 0 saturated heterocycles. The fourth-order valence-electron chi connectivity index (χ4n) is 1.47. The van der Waals surface area contributed by atoms with Gasteiger partial charge in [0.15, 0.2) is 0 Å². The molecular weight excluding hydrogens is 284 g/mol. The molecule has 2 aromatic rings. The van der Waals surface area contributed by atoms with Gasteiger partial charge >= 0.3 is 12.0 Å². The standard InChI is InChI=1S/C13H11ClN2O4/c1-19-13-15-7-10(14)12(16-13)20-9-4-2-8(3-5-9)6-11(17)18/h2-5,7H,6H2,1H3,(H,17,18). The van der Waals surface area contributed by atoms with Crippen LogP contribution >= 0.6 is 11.6 Å². The molecule has 0 saturated carbocycles. The van der Waals surface area contributed by atoms with Gasteiger partial charge in [0.2, 0.25) is 5.88 Å². The van der Waals surface area contributed by atoms with E-state index in [-0.39, 0.29) is 23.3 Å². The number of carbonyl (C=O) groups is 1. The normalized spacial score (nSPS) is 10.1. The molecule has 0 aliphatic carbocycles. The predicted molar refractivity (Wildman–Crippen MR) is 71.4 cm³/mol. The van der Waals surface area contributed by atoms with Gasteiger partial charge in [-0.05, 0) is 17.7 Å². The summed E-state index contributed by atoms with van der Waals surface area (Å²) in [4.78, 5) is 18.4. The summed E-state index contributed by atoms with van der Waals surface area (Å²) >= 11 is 5.92. The van der Waals surface area contributed by atoms with Crippen molar-refractivity contribution in [1.82, 2.24) is 9.97 Å². The topological polar surface area (TPSA) is 81.5 Å². The maximum absolute atomic E-state index is 10.6. The number of carboxylic acid groups (broad SMARTS) is 1. The van der Waals surface area contributed by atoms with Gasteiger partial charge in [0, 0.05) is 0 Å². The summed E-state index contributed by atoms with van der Waals surface area (Å²) in [5.41, 5.74) is 0.677. The van der Waals surface area contributed by atoms with Crippen LogP contribution in [0.2, 0.25) is 5.02 Å². The Kier molecular flexibility index (Phi) is 4.37. The average Bonchev–Trinajstić information content (AvgIpc) is 2.43. The molecule has 0 fully saturated rings. The van der Waals surface area contributed by atoms with E-state index in [0.717, 1.165) is 0 Å². The van der Waals surface area contributed by atoms with Crippen LogP contribution in [0.25, 0.3) is 0 Å². The highest BCUT2D eigenvalue weighted by Crippen LogP contribution is 2.28. The Labute approximate surface area is 120 Å². The van der Waals surface area contributed by atoms with Crippen LogP contribution in [-0.4, -0.2) is 28.2 Å². The van der Waals surface area contributed by atoms with Gasteiger partial charge in [0.25, 0.3) is 0 Å². The summed E-state index contributed by atoms with van der Waals surface area (Å²) in [6.07, 6.45) is 1.34. The lowest BCUT2D eigenvalue weighted by molar-refractivity contribution is -0.136. The van der Waals surface area contributed by atoms with Gasteiger partial charge in [-0.25, -0.2) is 4.98 Å². The van der Waals surface area contributed by atoms with Crippen molar-refractivity contribution in [3.05, 3.63) is 41.0 Å². The van der Waals surface area contributed by atoms with Crippen molar-refractivity contribution in [3.63, 3.8) is 0 Å². The molecule has 20 heavy (non-hydrogen) atoms. The Morgan fingerprint density at radius 1 is 1.35 bits per heavy atom. The fourth-order valence-corrected chi connectivity index (χ4v) is 1.60. The van der Waals surface area contributed by atoms with Crippen molar-refractivity contribution in [2.24, 2.45) is 0 Å². The summed E-state index contributed by atoms with van der Waals surface area (Å²) in [6, 6.07) is 6.75. The minimum atomic E-state index is -0.887. The van der Waals surface area contributed by atoms with Gasteiger partial charge in [0.1, 0.15) is 10.8 Å². The molecule has 1 aromatic heterocycles. The highest BCUT2D eigenvalue weighted by atomic mass is 35.5. The Bertz CT molecular complexity index is 616. The molecule has 0 aliphatic heterocycles. The van der Waals surface area contributed by atoms with E-state index in [0.29, 0.717) is 11.3 Å². The number of halogens is 1. The minimum absolute atomic E-state index is 0.0393. The molecule has 0 spiro atoms. The Balaban J connectivity index is 2.15. The van der Waals surface area contributed by atoms with E-state index >= 15 is 0 Å². The SMILES string of the molecule is COc1ncc(Cl)c(Oc2ccc(CC(=O)O)cc2)n1. The summed E-state index contributed by atoms with van der Waals surface area (Å²) in [7, 11) is 1.44. The van der Waals surface area contributed by atoms with Crippen LogP contribution in [0, 0.1) is 0 Å². The highest BCUT2D eigenvalue weighted by molar-refractivity contribution is 6.31. The third-order valence-electron chi connectivity index (χ3n) is 2.37. The second-order valence-corrected chi connectivity index (χ2v) is 4.23. The summed E-state index contributed by atoms with van der Waals surface area (Å²) < 4.78 is 10.4. The van der Waals surface area contributed by atoms with Crippen molar-refractivity contribution < 1.29 is 19.4 Å². The minimum Gasteiger partial charge on any atom is -0.481 e. The molecule has 7 heteroatoms. The monoisotopic (exact) mass is 294 g/mol. The van der Waals surface area contributed by atoms with Crippen LogP contribution in [0.5, 0.6) is 17.6 Å². The maximum atomic E-state index is 10.6. The zero-order chi connectivity index (χ0) is 14.5. The largest absolute Gasteiger partial charge is 0.481 e. The Morgan fingerprint density at radius 3 is 2.65 bits per heavy atom. The number of aliphatic carboxylic acids is 1. The van der Waals surface area contributed by atoms with E-state index in [1.807, 2.05) is 0 Å². The van der Waals surface area contributed by atoms with E-state index in [1.165, 1.54) is 13.3 Å². The number of aromatic nitrogens is 2. The summed E-state index contributed by atoms with van der Waals surface area (Å²) in [6.45, 7) is 0. The maximum Gasteiger partial charge on any atom is 0.319 e. The molecule has 2 rings (SSSR count). The Hall–Kier alpha value is -2.34. The van der Waals surface area contributed by atoms with E-state index in [9.17, 15) is 4.79 Å². The van der Waals surface area contributed by atoms with Crippen molar-refractivity contribution in [1.29, 1.82) is 0 Å². The molecule has 1 aromatic carbocycles. The fraction of sp³-hybridized carbons (Fsp3) is 0.154. The quantitative estimate of drug-likeness (QED) is 0.912. The number of nitrogens with zero attached hydrogens (tertiary/aromatic N) is 2. The number of ether oxygens (including phenoxy) is 2. The lowest BCUT2D eigenvalue weighted by Crippen LogP contribution is -1.99. The van der Waals surface area contributed by atoms with E-state index in [2.05, 4.69) is 9.97 Å². The second-order valence-electron chi connectivity index (χ2n) is 3.83. The third kappa shape index (κ3) is 3.58. The highest BCUT2D eigenvalue weighted by Gasteiger charge is 2.08. The number of rotatable bonds is 5. The van der Waals surface area contributed by atoms with E-state index in [4.69, 9.17) is 26.2 Å². The molecule has 0 unspecified atom stereocenters. The molecule has 0 bridgehead atoms. The first-order valence-electron chi connectivity index (χ1n) is 5.63. The molecule has 0 radical (unpaired) electrons. The van der Waals surface area contributed by atoms with Crippen molar-refractivity contribution in [3.8, 4) is 17.6 Å². The molecule has 0 atom stereocenters. The zero-order valence-corrected chi connectivity index (χ0v) is 11.3. The van der Waals surface area contributed by atoms with Gasteiger partial charge in [-0.2, -0.15) is 4.98 Å². The van der Waals surface area contributed by atoms with E-state index in [1.54, 1.807) is 24.3 Å². The number of hydrogen-bond acceptors (Lipinski definition) is 5. The Morgan fingerprint density at radius 2 is 2.05 bits per heavy atom. The van der Waals surface area contributed by atoms with E-state index < -0.39 is 5.97 Å². The second kappa shape index (κ2) is 6.21. The number of carboxylic acids is 1. The average molecular weight is 295 g/mol. The van der Waals surface area contributed by atoms with Gasteiger partial charge < -0.3 is 14.6 Å². The van der Waals surface area contributed by atoms with Crippen LogP contribution in [-0.2, 0) is 11.2 Å². The molecule has 0 aliphatic rings. The predicted octanol–water partition coefficient (Wildman–Crippen LogP) is 2.56. The van der Waals surface area contributed by atoms with Crippen LogP contribution in [0.3, 0.4) is 0 Å². The lowest BCUT2D eigenvalue weighted by atomic mass is 10.1. The van der Waals surface area contributed by atoms with Gasteiger partial charge in [-0.3, -0.25) is 4.79 Å². The first kappa shape index (κ1) is 14.1.